The fourth-order valence-corrected chi connectivity index (χ4v) is 1.29. The Kier molecular flexibility index (Phi) is 11.2. The summed E-state index contributed by atoms with van der Waals surface area (Å²) in [7, 11) is 0. The molecule has 0 heterocycles. The molecule has 0 aromatic carbocycles. The van der Waals surface area contributed by atoms with E-state index in [1.807, 2.05) is 38.2 Å². The molecule has 0 amide bonds. The normalized spacial score (nSPS) is 12.9. The van der Waals surface area contributed by atoms with Crippen LogP contribution in [0.2, 0.25) is 0 Å². The summed E-state index contributed by atoms with van der Waals surface area (Å²) in [5, 5.41) is 0. The van der Waals surface area contributed by atoms with Gasteiger partial charge < -0.3 is 0 Å². The molecule has 18 heavy (non-hydrogen) atoms. The number of rotatable bonds is 9. The van der Waals surface area contributed by atoms with Gasteiger partial charge in [0.05, 0.1) is 0 Å². The first kappa shape index (κ1) is 16.6. The summed E-state index contributed by atoms with van der Waals surface area (Å²) < 4.78 is 0. The Balaban J connectivity index is 3.72. The van der Waals surface area contributed by atoms with Gasteiger partial charge >= 0.3 is 0 Å². The highest BCUT2D eigenvalue weighted by atomic mass is 16.1. The number of ketones is 1. The quantitative estimate of drug-likeness (QED) is 0.317. The first-order valence-electron chi connectivity index (χ1n) is 6.88. The molecule has 0 saturated carbocycles. The fourth-order valence-electron chi connectivity index (χ4n) is 1.29. The SMILES string of the molecule is CCCCC/C=C/C=C/C=C/C=C/C(=O)C(C)C. The van der Waals surface area contributed by atoms with Gasteiger partial charge in [-0.3, -0.25) is 4.79 Å². The van der Waals surface area contributed by atoms with E-state index in [1.54, 1.807) is 12.2 Å². The molecule has 0 aliphatic heterocycles. The Hall–Kier alpha value is -1.37. The maximum absolute atomic E-state index is 11.3. The van der Waals surface area contributed by atoms with Gasteiger partial charge in [0, 0.05) is 5.92 Å². The van der Waals surface area contributed by atoms with Crippen molar-refractivity contribution in [2.75, 3.05) is 0 Å². The van der Waals surface area contributed by atoms with Crippen molar-refractivity contribution in [1.82, 2.24) is 0 Å². The molecule has 0 aromatic rings. The van der Waals surface area contributed by atoms with Crippen LogP contribution in [0.15, 0.2) is 48.6 Å². The number of carbonyl (C=O) groups is 1. The van der Waals surface area contributed by atoms with Gasteiger partial charge in [0.2, 0.25) is 0 Å². The molecule has 0 unspecified atom stereocenters. The van der Waals surface area contributed by atoms with Crippen LogP contribution in [0, 0.1) is 5.92 Å². The van der Waals surface area contributed by atoms with Crippen molar-refractivity contribution in [3.63, 3.8) is 0 Å². The summed E-state index contributed by atoms with van der Waals surface area (Å²) >= 11 is 0. The number of unbranched alkanes of at least 4 members (excludes halogenated alkanes) is 3. The highest BCUT2D eigenvalue weighted by Crippen LogP contribution is 1.99. The monoisotopic (exact) mass is 246 g/mol. The Morgan fingerprint density at radius 2 is 1.56 bits per heavy atom. The van der Waals surface area contributed by atoms with Crippen LogP contribution < -0.4 is 0 Å². The first-order valence-corrected chi connectivity index (χ1v) is 6.88. The van der Waals surface area contributed by atoms with E-state index in [9.17, 15) is 4.79 Å². The zero-order valence-electron chi connectivity index (χ0n) is 11.9. The van der Waals surface area contributed by atoms with Crippen molar-refractivity contribution in [3.05, 3.63) is 48.6 Å². The van der Waals surface area contributed by atoms with Crippen molar-refractivity contribution >= 4 is 5.78 Å². The predicted molar refractivity (Wildman–Crippen MR) is 80.5 cm³/mol. The average Bonchev–Trinajstić information content (AvgIpc) is 2.35. The third kappa shape index (κ3) is 11.1. The molecule has 0 rings (SSSR count). The second-order valence-corrected chi connectivity index (χ2v) is 4.61. The molecule has 1 nitrogen and oxygen atoms in total. The highest BCUT2D eigenvalue weighted by molar-refractivity contribution is 5.91. The van der Waals surface area contributed by atoms with Crippen LogP contribution in [0.25, 0.3) is 0 Å². The molecule has 0 aliphatic rings. The lowest BCUT2D eigenvalue weighted by Crippen LogP contribution is -2.01. The zero-order valence-corrected chi connectivity index (χ0v) is 11.9. The van der Waals surface area contributed by atoms with Crippen molar-refractivity contribution in [1.29, 1.82) is 0 Å². The van der Waals surface area contributed by atoms with Crippen molar-refractivity contribution < 1.29 is 4.79 Å². The molecule has 0 aliphatic carbocycles. The van der Waals surface area contributed by atoms with Gasteiger partial charge in [-0.25, -0.2) is 0 Å². The average molecular weight is 246 g/mol. The first-order chi connectivity index (χ1) is 8.68. The summed E-state index contributed by atoms with van der Waals surface area (Å²) in [6.45, 7) is 6.02. The predicted octanol–water partition coefficient (Wildman–Crippen LogP) is 5.02. The van der Waals surface area contributed by atoms with Gasteiger partial charge in [-0.1, -0.05) is 76.1 Å². The number of hydrogen-bond donors (Lipinski definition) is 0. The standard InChI is InChI=1S/C17H26O/c1-4-5-6-7-8-9-10-11-12-13-14-15-17(18)16(2)3/h8-16H,4-7H2,1-3H3/b9-8+,11-10+,13-12+,15-14+. The van der Waals surface area contributed by atoms with E-state index in [4.69, 9.17) is 0 Å². The molecule has 0 saturated heterocycles. The molecule has 0 N–H and O–H groups in total. The highest BCUT2D eigenvalue weighted by Gasteiger charge is 1.99. The molecular formula is C17H26O. The Morgan fingerprint density at radius 1 is 0.944 bits per heavy atom. The number of allylic oxidation sites excluding steroid dienone is 8. The molecule has 100 valence electrons. The molecule has 0 radical (unpaired) electrons. The van der Waals surface area contributed by atoms with Crippen LogP contribution in [-0.4, -0.2) is 5.78 Å². The van der Waals surface area contributed by atoms with E-state index < -0.39 is 0 Å². The van der Waals surface area contributed by atoms with Gasteiger partial charge in [-0.05, 0) is 18.9 Å². The van der Waals surface area contributed by atoms with Crippen molar-refractivity contribution in [3.8, 4) is 0 Å². The summed E-state index contributed by atoms with van der Waals surface area (Å²) in [6, 6.07) is 0. The Morgan fingerprint density at radius 3 is 2.17 bits per heavy atom. The molecule has 0 atom stereocenters. The summed E-state index contributed by atoms with van der Waals surface area (Å²) in [4.78, 5) is 11.3. The lowest BCUT2D eigenvalue weighted by molar-refractivity contribution is -0.117. The lowest BCUT2D eigenvalue weighted by atomic mass is 10.1. The van der Waals surface area contributed by atoms with Crippen LogP contribution in [-0.2, 0) is 4.79 Å². The third-order valence-corrected chi connectivity index (χ3v) is 2.50. The lowest BCUT2D eigenvalue weighted by Gasteiger charge is -1.94. The number of hydrogen-bond acceptors (Lipinski definition) is 1. The zero-order chi connectivity index (χ0) is 13.6. The molecular weight excluding hydrogens is 220 g/mol. The van der Waals surface area contributed by atoms with E-state index >= 15 is 0 Å². The molecule has 0 spiro atoms. The van der Waals surface area contributed by atoms with Crippen LogP contribution in [0.1, 0.15) is 46.5 Å². The summed E-state index contributed by atoms with van der Waals surface area (Å²) in [5.74, 6) is 0.246. The van der Waals surface area contributed by atoms with E-state index in [-0.39, 0.29) is 11.7 Å². The van der Waals surface area contributed by atoms with Gasteiger partial charge in [0.1, 0.15) is 0 Å². The van der Waals surface area contributed by atoms with Crippen molar-refractivity contribution in [2.24, 2.45) is 5.92 Å². The van der Waals surface area contributed by atoms with Crippen LogP contribution >= 0.6 is 0 Å². The van der Waals surface area contributed by atoms with E-state index in [0.717, 1.165) is 6.42 Å². The van der Waals surface area contributed by atoms with E-state index in [1.165, 1.54) is 19.3 Å². The maximum atomic E-state index is 11.3. The van der Waals surface area contributed by atoms with E-state index in [2.05, 4.69) is 19.1 Å². The Labute approximate surface area is 112 Å². The largest absolute Gasteiger partial charge is 0.295 e. The minimum atomic E-state index is 0.0799. The minimum Gasteiger partial charge on any atom is -0.295 e. The topological polar surface area (TPSA) is 17.1 Å². The molecule has 0 bridgehead atoms. The minimum absolute atomic E-state index is 0.0799. The van der Waals surface area contributed by atoms with Crippen molar-refractivity contribution in [2.45, 2.75) is 46.5 Å². The van der Waals surface area contributed by atoms with Crippen LogP contribution in [0.4, 0.5) is 0 Å². The second kappa shape index (κ2) is 12.1. The summed E-state index contributed by atoms with van der Waals surface area (Å²) in [6.07, 6.45) is 20.5. The molecule has 1 heteroatoms. The van der Waals surface area contributed by atoms with Gasteiger partial charge in [-0.2, -0.15) is 0 Å². The molecule has 0 aromatic heterocycles. The smallest absolute Gasteiger partial charge is 0.158 e. The summed E-state index contributed by atoms with van der Waals surface area (Å²) in [5.41, 5.74) is 0. The van der Waals surface area contributed by atoms with Gasteiger partial charge in [0.15, 0.2) is 5.78 Å². The van der Waals surface area contributed by atoms with E-state index in [0.29, 0.717) is 0 Å². The van der Waals surface area contributed by atoms with Gasteiger partial charge in [0.25, 0.3) is 0 Å². The van der Waals surface area contributed by atoms with Crippen LogP contribution in [0.5, 0.6) is 0 Å². The second-order valence-electron chi connectivity index (χ2n) is 4.61. The van der Waals surface area contributed by atoms with Crippen LogP contribution in [0.3, 0.4) is 0 Å². The Bertz CT molecular complexity index is 317. The van der Waals surface area contributed by atoms with Gasteiger partial charge in [-0.15, -0.1) is 0 Å². The molecule has 0 fully saturated rings. The number of carbonyl (C=O) groups excluding carboxylic acids is 1. The maximum Gasteiger partial charge on any atom is 0.158 e. The fraction of sp³-hybridized carbons (Fsp3) is 0.471. The third-order valence-electron chi connectivity index (χ3n) is 2.50.